The molecule has 0 saturated heterocycles. The summed E-state index contributed by atoms with van der Waals surface area (Å²) in [6, 6.07) is 0. The van der Waals surface area contributed by atoms with Crippen LogP contribution in [0, 0.1) is 5.41 Å². The number of unbranched alkanes of at least 4 members (excludes halogenated alkanes) is 8. The smallest absolute Gasteiger partial charge is 0.303 e. The maximum Gasteiger partial charge on any atom is 0.303 e. The maximum absolute atomic E-state index is 10.3. The SMILES string of the molecule is CCCCC/C=C\C/C=C\CCCCCCCC(=O)O.N=C(N)N. The lowest BCUT2D eigenvalue weighted by Gasteiger charge is -1.98. The van der Waals surface area contributed by atoms with Gasteiger partial charge in [-0.15, -0.1) is 0 Å². The first-order valence-electron chi connectivity index (χ1n) is 9.12. The van der Waals surface area contributed by atoms with Crippen LogP contribution < -0.4 is 11.5 Å². The number of carboxylic acids is 1. The first kappa shape index (κ1) is 24.5. The number of guanidine groups is 1. The zero-order chi connectivity index (χ0) is 18.5. The van der Waals surface area contributed by atoms with E-state index in [1.54, 1.807) is 0 Å². The molecule has 0 atom stereocenters. The van der Waals surface area contributed by atoms with E-state index in [4.69, 9.17) is 10.5 Å². The Labute approximate surface area is 147 Å². The quantitative estimate of drug-likeness (QED) is 0.159. The van der Waals surface area contributed by atoms with Crippen molar-refractivity contribution >= 4 is 11.9 Å². The van der Waals surface area contributed by atoms with Crippen LogP contribution in [0.4, 0.5) is 0 Å². The summed E-state index contributed by atoms with van der Waals surface area (Å²) in [5.41, 5.74) is 8.94. The predicted molar refractivity (Wildman–Crippen MR) is 103 cm³/mol. The molecule has 0 aliphatic carbocycles. The van der Waals surface area contributed by atoms with Crippen molar-refractivity contribution in [2.45, 2.75) is 84.0 Å². The van der Waals surface area contributed by atoms with Gasteiger partial charge >= 0.3 is 5.97 Å². The molecule has 24 heavy (non-hydrogen) atoms. The number of carboxylic acid groups (broad SMARTS) is 1. The molecule has 0 heterocycles. The van der Waals surface area contributed by atoms with Crippen LogP contribution in [0.25, 0.3) is 0 Å². The van der Waals surface area contributed by atoms with Crippen molar-refractivity contribution in [1.82, 2.24) is 0 Å². The van der Waals surface area contributed by atoms with E-state index in [0.717, 1.165) is 25.7 Å². The molecule has 0 unspecified atom stereocenters. The Hall–Kier alpha value is -1.78. The lowest BCUT2D eigenvalue weighted by molar-refractivity contribution is -0.137. The molecule has 0 aliphatic heterocycles. The van der Waals surface area contributed by atoms with E-state index in [1.165, 1.54) is 44.9 Å². The van der Waals surface area contributed by atoms with Crippen molar-refractivity contribution in [2.24, 2.45) is 11.5 Å². The zero-order valence-electron chi connectivity index (χ0n) is 15.3. The van der Waals surface area contributed by atoms with Crippen molar-refractivity contribution in [3.05, 3.63) is 24.3 Å². The van der Waals surface area contributed by atoms with E-state index < -0.39 is 5.97 Å². The van der Waals surface area contributed by atoms with Gasteiger partial charge in [0.15, 0.2) is 5.96 Å². The Morgan fingerprint density at radius 2 is 1.33 bits per heavy atom. The molecule has 0 spiro atoms. The Morgan fingerprint density at radius 3 is 1.83 bits per heavy atom. The van der Waals surface area contributed by atoms with E-state index in [2.05, 4.69) is 42.7 Å². The maximum atomic E-state index is 10.3. The Balaban J connectivity index is 0. The topological polar surface area (TPSA) is 113 Å². The van der Waals surface area contributed by atoms with Crippen molar-refractivity contribution in [3.8, 4) is 0 Å². The zero-order valence-corrected chi connectivity index (χ0v) is 15.3. The van der Waals surface area contributed by atoms with E-state index in [9.17, 15) is 4.79 Å². The van der Waals surface area contributed by atoms with E-state index in [-0.39, 0.29) is 5.96 Å². The summed E-state index contributed by atoms with van der Waals surface area (Å²) in [5.74, 6) is -1.00. The average molecular weight is 340 g/mol. The van der Waals surface area contributed by atoms with Crippen LogP contribution in [0.15, 0.2) is 24.3 Å². The number of hydrogen-bond donors (Lipinski definition) is 4. The summed E-state index contributed by atoms with van der Waals surface area (Å²) in [4.78, 5) is 10.3. The van der Waals surface area contributed by atoms with Gasteiger partial charge in [0.25, 0.3) is 0 Å². The number of carbonyl (C=O) groups is 1. The Bertz CT molecular complexity index is 349. The standard InChI is InChI=1S/C18H32O2.CH5N3/c1-2-3-4-5-6-7-8-9-10-11-12-13-14-15-16-17-18(19)20;2-1(3)4/h6-7,9-10H,2-5,8,11-17H2,1H3,(H,19,20);(H5,2,3,4)/b7-6-,10-9-;. The van der Waals surface area contributed by atoms with Gasteiger partial charge in [-0.25, -0.2) is 0 Å². The first-order chi connectivity index (χ1) is 11.5. The molecule has 0 aromatic heterocycles. The van der Waals surface area contributed by atoms with Gasteiger partial charge < -0.3 is 16.6 Å². The van der Waals surface area contributed by atoms with Crippen LogP contribution in [0.3, 0.4) is 0 Å². The second-order valence-electron chi connectivity index (χ2n) is 5.83. The molecule has 0 aliphatic rings. The van der Waals surface area contributed by atoms with Gasteiger partial charge in [-0.05, 0) is 38.5 Å². The molecule has 5 heteroatoms. The minimum Gasteiger partial charge on any atom is -0.481 e. The second kappa shape index (κ2) is 21.2. The summed E-state index contributed by atoms with van der Waals surface area (Å²) in [5, 5.41) is 14.6. The largest absolute Gasteiger partial charge is 0.481 e. The van der Waals surface area contributed by atoms with Gasteiger partial charge in [0.2, 0.25) is 0 Å². The summed E-state index contributed by atoms with van der Waals surface area (Å²) in [7, 11) is 0. The lowest BCUT2D eigenvalue weighted by Crippen LogP contribution is -2.20. The van der Waals surface area contributed by atoms with Crippen LogP contribution in [0.1, 0.15) is 84.0 Å². The molecule has 0 fully saturated rings. The highest BCUT2D eigenvalue weighted by Crippen LogP contribution is 2.08. The summed E-state index contributed by atoms with van der Waals surface area (Å²) < 4.78 is 0. The fourth-order valence-corrected chi connectivity index (χ4v) is 2.09. The van der Waals surface area contributed by atoms with Gasteiger partial charge in [0.1, 0.15) is 0 Å². The van der Waals surface area contributed by atoms with Crippen LogP contribution in [0.5, 0.6) is 0 Å². The van der Waals surface area contributed by atoms with Crippen molar-refractivity contribution in [3.63, 3.8) is 0 Å². The third-order valence-corrected chi connectivity index (χ3v) is 3.34. The number of allylic oxidation sites excluding steroid dienone is 4. The number of aliphatic carboxylic acids is 1. The summed E-state index contributed by atoms with van der Waals surface area (Å²) in [6.45, 7) is 2.23. The van der Waals surface area contributed by atoms with E-state index in [0.29, 0.717) is 6.42 Å². The van der Waals surface area contributed by atoms with Gasteiger partial charge in [-0.3, -0.25) is 10.2 Å². The fourth-order valence-electron chi connectivity index (χ4n) is 2.09. The van der Waals surface area contributed by atoms with Gasteiger partial charge in [0.05, 0.1) is 0 Å². The normalized spacial score (nSPS) is 10.7. The molecule has 6 N–H and O–H groups in total. The molecule has 0 aromatic rings. The van der Waals surface area contributed by atoms with Crippen molar-refractivity contribution in [2.75, 3.05) is 0 Å². The molecule has 0 radical (unpaired) electrons. The van der Waals surface area contributed by atoms with Gasteiger partial charge in [-0.1, -0.05) is 63.3 Å². The fraction of sp³-hybridized carbons (Fsp3) is 0.684. The molecule has 0 saturated carbocycles. The highest BCUT2D eigenvalue weighted by atomic mass is 16.4. The van der Waals surface area contributed by atoms with Gasteiger partial charge in [-0.2, -0.15) is 0 Å². The molecule has 140 valence electrons. The van der Waals surface area contributed by atoms with Crippen LogP contribution >= 0.6 is 0 Å². The van der Waals surface area contributed by atoms with Crippen LogP contribution in [-0.4, -0.2) is 17.0 Å². The highest BCUT2D eigenvalue weighted by molar-refractivity contribution is 5.71. The average Bonchev–Trinajstić information content (AvgIpc) is 2.50. The molecule has 0 rings (SSSR count). The molecule has 0 bridgehead atoms. The lowest BCUT2D eigenvalue weighted by atomic mass is 10.1. The Kier molecular flexibility index (Phi) is 21.6. The molecular weight excluding hydrogens is 302 g/mol. The van der Waals surface area contributed by atoms with E-state index in [1.807, 2.05) is 0 Å². The summed E-state index contributed by atoms with van der Waals surface area (Å²) in [6.07, 6.45) is 22.3. The number of rotatable bonds is 14. The van der Waals surface area contributed by atoms with Crippen LogP contribution in [0.2, 0.25) is 0 Å². The minimum absolute atomic E-state index is 0.324. The molecular formula is C19H37N3O2. The molecule has 0 amide bonds. The predicted octanol–water partition coefficient (Wildman–Crippen LogP) is 4.72. The van der Waals surface area contributed by atoms with Crippen molar-refractivity contribution < 1.29 is 9.90 Å². The van der Waals surface area contributed by atoms with Crippen LogP contribution in [-0.2, 0) is 4.79 Å². The number of hydrogen-bond acceptors (Lipinski definition) is 2. The molecule has 5 nitrogen and oxygen atoms in total. The third-order valence-electron chi connectivity index (χ3n) is 3.34. The van der Waals surface area contributed by atoms with E-state index >= 15 is 0 Å². The Morgan fingerprint density at radius 1 is 0.875 bits per heavy atom. The number of nitrogens with two attached hydrogens (primary N) is 2. The number of nitrogens with one attached hydrogen (secondary N) is 1. The third kappa shape index (κ3) is 32.2. The first-order valence-corrected chi connectivity index (χ1v) is 9.12. The van der Waals surface area contributed by atoms with Crippen molar-refractivity contribution in [1.29, 1.82) is 5.41 Å². The molecule has 0 aromatic carbocycles. The monoisotopic (exact) mass is 339 g/mol. The highest BCUT2D eigenvalue weighted by Gasteiger charge is 1.95. The van der Waals surface area contributed by atoms with Gasteiger partial charge in [0, 0.05) is 6.42 Å². The summed E-state index contributed by atoms with van der Waals surface area (Å²) >= 11 is 0. The second-order valence-corrected chi connectivity index (χ2v) is 5.83. The minimum atomic E-state index is -0.671.